The average Bonchev–Trinajstić information content (AvgIpc) is 2.78. The maximum atomic E-state index is 5.10. The van der Waals surface area contributed by atoms with Crippen LogP contribution in [0.25, 0.3) is 44.1 Å². The molecule has 2 nitrogen and oxygen atoms in total. The number of fused-ring (bicyclic) bond motifs is 3. The van der Waals surface area contributed by atoms with Gasteiger partial charge in [0, 0.05) is 16.9 Å². The standard InChI is InChI=1S/C27H22N2/c1-18(2)27-28-24-17-16-20-12-6-7-14-22(20)25(24)26(29-27)23-15-9-8-13-21(23)19-10-4-3-5-11-19/h3-18H,1-2H3. The SMILES string of the molecule is CC(C)c1nc(-c2ccccc2-c2ccccc2)c2c(ccc3ccccc32)n1. The molecule has 0 radical (unpaired) electrons. The van der Waals surface area contributed by atoms with Crippen molar-refractivity contribution in [1.29, 1.82) is 0 Å². The molecule has 0 fully saturated rings. The van der Waals surface area contributed by atoms with Crippen LogP contribution in [0.3, 0.4) is 0 Å². The summed E-state index contributed by atoms with van der Waals surface area (Å²) >= 11 is 0. The first-order valence-corrected chi connectivity index (χ1v) is 10.1. The Bertz CT molecular complexity index is 1320. The predicted octanol–water partition coefficient (Wildman–Crippen LogP) is 7.24. The lowest BCUT2D eigenvalue weighted by molar-refractivity contribution is 0.785. The molecule has 5 aromatic rings. The lowest BCUT2D eigenvalue weighted by atomic mass is 9.93. The van der Waals surface area contributed by atoms with Gasteiger partial charge < -0.3 is 0 Å². The highest BCUT2D eigenvalue weighted by Gasteiger charge is 2.17. The second-order valence-corrected chi connectivity index (χ2v) is 7.68. The highest BCUT2D eigenvalue weighted by atomic mass is 14.9. The van der Waals surface area contributed by atoms with Crippen LogP contribution >= 0.6 is 0 Å². The molecule has 0 bridgehead atoms. The van der Waals surface area contributed by atoms with Gasteiger partial charge in [0.2, 0.25) is 0 Å². The van der Waals surface area contributed by atoms with Crippen molar-refractivity contribution in [2.45, 2.75) is 19.8 Å². The van der Waals surface area contributed by atoms with Crippen LogP contribution in [0.4, 0.5) is 0 Å². The van der Waals surface area contributed by atoms with E-state index in [1.165, 1.54) is 21.9 Å². The van der Waals surface area contributed by atoms with Crippen LogP contribution in [0.2, 0.25) is 0 Å². The first kappa shape index (κ1) is 17.6. The Morgan fingerprint density at radius 1 is 0.621 bits per heavy atom. The fraction of sp³-hybridized carbons (Fsp3) is 0.111. The van der Waals surface area contributed by atoms with Gasteiger partial charge in [0.25, 0.3) is 0 Å². The Labute approximate surface area is 170 Å². The monoisotopic (exact) mass is 374 g/mol. The maximum Gasteiger partial charge on any atom is 0.132 e. The summed E-state index contributed by atoms with van der Waals surface area (Å²) in [4.78, 5) is 10.00. The summed E-state index contributed by atoms with van der Waals surface area (Å²) in [5.74, 6) is 1.14. The van der Waals surface area contributed by atoms with E-state index in [4.69, 9.17) is 9.97 Å². The van der Waals surface area contributed by atoms with Gasteiger partial charge in [-0.2, -0.15) is 0 Å². The van der Waals surface area contributed by atoms with Crippen LogP contribution in [-0.4, -0.2) is 9.97 Å². The molecule has 1 heterocycles. The molecule has 0 saturated carbocycles. The molecule has 2 heteroatoms. The van der Waals surface area contributed by atoms with Crippen LogP contribution in [0.5, 0.6) is 0 Å². The quantitative estimate of drug-likeness (QED) is 0.311. The normalized spacial score (nSPS) is 11.4. The predicted molar refractivity (Wildman–Crippen MR) is 122 cm³/mol. The lowest BCUT2D eigenvalue weighted by Gasteiger charge is -2.16. The number of benzene rings is 4. The van der Waals surface area contributed by atoms with Crippen molar-refractivity contribution in [2.24, 2.45) is 0 Å². The number of hydrogen-bond donors (Lipinski definition) is 0. The topological polar surface area (TPSA) is 25.8 Å². The van der Waals surface area contributed by atoms with Gasteiger partial charge in [0.15, 0.2) is 0 Å². The molecule has 0 aliphatic rings. The molecule has 140 valence electrons. The Kier molecular flexibility index (Phi) is 4.33. The second kappa shape index (κ2) is 7.14. The van der Waals surface area contributed by atoms with Crippen LogP contribution in [0, 0.1) is 0 Å². The minimum atomic E-state index is 0.258. The molecule has 5 rings (SSSR count). The van der Waals surface area contributed by atoms with E-state index in [-0.39, 0.29) is 5.92 Å². The maximum absolute atomic E-state index is 5.10. The zero-order valence-corrected chi connectivity index (χ0v) is 16.6. The van der Waals surface area contributed by atoms with Gasteiger partial charge in [-0.1, -0.05) is 98.8 Å². The van der Waals surface area contributed by atoms with Crippen LogP contribution in [0.1, 0.15) is 25.6 Å². The molecular formula is C27H22N2. The molecule has 0 spiro atoms. The van der Waals surface area contributed by atoms with Crippen molar-refractivity contribution in [3.05, 3.63) is 96.8 Å². The summed E-state index contributed by atoms with van der Waals surface area (Å²) in [5, 5.41) is 3.52. The number of rotatable bonds is 3. The van der Waals surface area contributed by atoms with Gasteiger partial charge in [-0.25, -0.2) is 9.97 Å². The smallest absolute Gasteiger partial charge is 0.132 e. The van der Waals surface area contributed by atoms with Gasteiger partial charge in [-0.3, -0.25) is 0 Å². The van der Waals surface area contributed by atoms with Gasteiger partial charge >= 0.3 is 0 Å². The minimum absolute atomic E-state index is 0.258. The number of hydrogen-bond acceptors (Lipinski definition) is 2. The summed E-state index contributed by atoms with van der Waals surface area (Å²) in [7, 11) is 0. The zero-order valence-electron chi connectivity index (χ0n) is 16.6. The molecule has 29 heavy (non-hydrogen) atoms. The third-order valence-corrected chi connectivity index (χ3v) is 5.39. The third-order valence-electron chi connectivity index (χ3n) is 5.39. The first-order valence-electron chi connectivity index (χ1n) is 10.1. The van der Waals surface area contributed by atoms with Crippen LogP contribution < -0.4 is 0 Å². The molecule has 0 N–H and O–H groups in total. The van der Waals surface area contributed by atoms with Crippen molar-refractivity contribution < 1.29 is 0 Å². The fourth-order valence-corrected chi connectivity index (χ4v) is 3.93. The molecule has 0 saturated heterocycles. The van der Waals surface area contributed by atoms with E-state index in [1.54, 1.807) is 0 Å². The van der Waals surface area contributed by atoms with E-state index in [2.05, 4.69) is 105 Å². The third kappa shape index (κ3) is 3.07. The summed E-state index contributed by atoms with van der Waals surface area (Å²) in [6, 6.07) is 31.8. The molecule has 0 aliphatic carbocycles. The molecule has 4 aromatic carbocycles. The largest absolute Gasteiger partial charge is 0.233 e. The van der Waals surface area contributed by atoms with Gasteiger partial charge in [0.1, 0.15) is 5.82 Å². The zero-order chi connectivity index (χ0) is 19.8. The van der Waals surface area contributed by atoms with Gasteiger partial charge in [-0.05, 0) is 28.0 Å². The number of aromatic nitrogens is 2. The molecule has 0 aliphatic heterocycles. The van der Waals surface area contributed by atoms with Crippen molar-refractivity contribution in [3.63, 3.8) is 0 Å². The molecule has 1 aromatic heterocycles. The fourth-order valence-electron chi connectivity index (χ4n) is 3.93. The first-order chi connectivity index (χ1) is 14.2. The van der Waals surface area contributed by atoms with Crippen molar-refractivity contribution in [3.8, 4) is 22.4 Å². The average molecular weight is 374 g/mol. The minimum Gasteiger partial charge on any atom is -0.233 e. The highest BCUT2D eigenvalue weighted by Crippen LogP contribution is 2.38. The van der Waals surface area contributed by atoms with Gasteiger partial charge in [-0.15, -0.1) is 0 Å². The van der Waals surface area contributed by atoms with E-state index in [9.17, 15) is 0 Å². The van der Waals surface area contributed by atoms with E-state index in [1.807, 2.05) is 0 Å². The Morgan fingerprint density at radius 3 is 2.10 bits per heavy atom. The van der Waals surface area contributed by atoms with Crippen molar-refractivity contribution in [2.75, 3.05) is 0 Å². The second-order valence-electron chi connectivity index (χ2n) is 7.68. The van der Waals surface area contributed by atoms with Crippen molar-refractivity contribution >= 4 is 21.7 Å². The molecular weight excluding hydrogens is 352 g/mol. The van der Waals surface area contributed by atoms with Crippen molar-refractivity contribution in [1.82, 2.24) is 9.97 Å². The summed E-state index contributed by atoms with van der Waals surface area (Å²) < 4.78 is 0. The Hall–Kier alpha value is -3.52. The molecule has 0 atom stereocenters. The lowest BCUT2D eigenvalue weighted by Crippen LogP contribution is -2.01. The van der Waals surface area contributed by atoms with Gasteiger partial charge in [0.05, 0.1) is 11.2 Å². The van der Waals surface area contributed by atoms with E-state index in [0.29, 0.717) is 0 Å². The summed E-state index contributed by atoms with van der Waals surface area (Å²) in [6.07, 6.45) is 0. The Balaban J connectivity index is 1.92. The summed E-state index contributed by atoms with van der Waals surface area (Å²) in [6.45, 7) is 4.30. The van der Waals surface area contributed by atoms with Crippen LogP contribution in [0.15, 0.2) is 91.0 Å². The van der Waals surface area contributed by atoms with E-state index < -0.39 is 0 Å². The number of nitrogens with zero attached hydrogens (tertiary/aromatic N) is 2. The van der Waals surface area contributed by atoms with Crippen LogP contribution in [-0.2, 0) is 0 Å². The van der Waals surface area contributed by atoms with E-state index in [0.717, 1.165) is 28.0 Å². The highest BCUT2D eigenvalue weighted by molar-refractivity contribution is 6.13. The Morgan fingerprint density at radius 2 is 1.31 bits per heavy atom. The molecule has 0 amide bonds. The summed E-state index contributed by atoms with van der Waals surface area (Å²) in [5.41, 5.74) is 5.54. The van der Waals surface area contributed by atoms with E-state index >= 15 is 0 Å². The molecule has 0 unspecified atom stereocenters.